The Bertz CT molecular complexity index is 779. The molecule has 1 aromatic heterocycles. The lowest BCUT2D eigenvalue weighted by Crippen LogP contribution is -2.52. The first-order valence-electron chi connectivity index (χ1n) is 8.91. The van der Waals surface area contributed by atoms with Crippen molar-refractivity contribution in [2.45, 2.75) is 19.1 Å². The first-order chi connectivity index (χ1) is 12.0. The molecule has 0 radical (unpaired) electrons. The Kier molecular flexibility index (Phi) is 4.27. The van der Waals surface area contributed by atoms with E-state index in [-0.39, 0.29) is 11.9 Å². The quantitative estimate of drug-likeness (QED) is 0.887. The summed E-state index contributed by atoms with van der Waals surface area (Å²) < 4.78 is 5.73. The summed E-state index contributed by atoms with van der Waals surface area (Å²) >= 11 is 0. The van der Waals surface area contributed by atoms with Crippen molar-refractivity contribution >= 4 is 16.9 Å². The van der Waals surface area contributed by atoms with Gasteiger partial charge in [-0.3, -0.25) is 9.69 Å². The molecule has 25 heavy (non-hydrogen) atoms. The van der Waals surface area contributed by atoms with Gasteiger partial charge in [-0.1, -0.05) is 11.6 Å². The molecule has 0 aliphatic carbocycles. The zero-order valence-electron chi connectivity index (χ0n) is 14.8. The molecule has 2 saturated heterocycles. The molecule has 4 rings (SSSR count). The molecule has 6 heteroatoms. The van der Waals surface area contributed by atoms with Gasteiger partial charge < -0.3 is 19.3 Å². The van der Waals surface area contributed by atoms with Crippen LogP contribution >= 0.6 is 0 Å². The smallest absolute Gasteiger partial charge is 0.289 e. The Labute approximate surface area is 147 Å². The second kappa shape index (κ2) is 6.44. The van der Waals surface area contributed by atoms with Crippen LogP contribution in [0.1, 0.15) is 16.1 Å². The molecule has 0 bridgehead atoms. The van der Waals surface area contributed by atoms with Crippen LogP contribution in [0, 0.1) is 6.92 Å². The monoisotopic (exact) mass is 343 g/mol. The Morgan fingerprint density at radius 3 is 2.68 bits per heavy atom. The minimum atomic E-state index is -0.501. The predicted octanol–water partition coefficient (Wildman–Crippen LogP) is 1.17. The largest absolute Gasteiger partial charge is 0.451 e. The van der Waals surface area contributed by atoms with Gasteiger partial charge in [-0.05, 0) is 32.2 Å². The van der Waals surface area contributed by atoms with E-state index < -0.39 is 6.10 Å². The van der Waals surface area contributed by atoms with Gasteiger partial charge in [0, 0.05) is 44.7 Å². The minimum Gasteiger partial charge on any atom is -0.451 e. The number of carbonyl (C=O) groups is 1. The van der Waals surface area contributed by atoms with E-state index in [4.69, 9.17) is 4.42 Å². The van der Waals surface area contributed by atoms with Gasteiger partial charge in [-0.15, -0.1) is 0 Å². The van der Waals surface area contributed by atoms with Crippen molar-refractivity contribution in [2.24, 2.45) is 0 Å². The van der Waals surface area contributed by atoms with E-state index in [0.29, 0.717) is 18.8 Å². The molecule has 2 fully saturated rings. The van der Waals surface area contributed by atoms with E-state index in [0.717, 1.165) is 42.7 Å². The lowest BCUT2D eigenvalue weighted by atomic mass is 10.1. The number of aliphatic hydroxyl groups excluding tert-OH is 1. The summed E-state index contributed by atoms with van der Waals surface area (Å²) in [6.45, 7) is 6.81. The molecule has 3 heterocycles. The number of nitrogens with zero attached hydrogens (tertiary/aromatic N) is 3. The van der Waals surface area contributed by atoms with Crippen molar-refractivity contribution in [3.8, 4) is 0 Å². The number of carbonyl (C=O) groups excluding carboxylic acids is 1. The first-order valence-corrected chi connectivity index (χ1v) is 8.91. The molecular formula is C19H25N3O3. The number of hydrogen-bond acceptors (Lipinski definition) is 5. The van der Waals surface area contributed by atoms with E-state index in [9.17, 15) is 9.90 Å². The molecular weight excluding hydrogens is 318 g/mol. The number of piperazine rings is 1. The van der Waals surface area contributed by atoms with Crippen LogP contribution in [0.5, 0.6) is 0 Å². The Morgan fingerprint density at radius 1 is 1.16 bits per heavy atom. The van der Waals surface area contributed by atoms with Gasteiger partial charge in [-0.25, -0.2) is 0 Å². The van der Waals surface area contributed by atoms with Crippen LogP contribution in [0.15, 0.2) is 28.7 Å². The topological polar surface area (TPSA) is 60.2 Å². The van der Waals surface area contributed by atoms with E-state index >= 15 is 0 Å². The number of rotatable bonds is 2. The second-order valence-corrected chi connectivity index (χ2v) is 7.34. The van der Waals surface area contributed by atoms with Gasteiger partial charge >= 0.3 is 0 Å². The van der Waals surface area contributed by atoms with Crippen molar-refractivity contribution in [2.75, 3.05) is 46.3 Å². The summed E-state index contributed by atoms with van der Waals surface area (Å²) in [5.74, 6) is 0.219. The van der Waals surface area contributed by atoms with Crippen molar-refractivity contribution < 1.29 is 14.3 Å². The SMILES string of the molecule is Cc1ccc2oc(C(=O)N3C[C@H](O)[C@@H](N4CCN(C)CC4)C3)cc2c1. The fourth-order valence-corrected chi connectivity index (χ4v) is 3.87. The summed E-state index contributed by atoms with van der Waals surface area (Å²) in [7, 11) is 2.11. The number of furan rings is 1. The molecule has 0 unspecified atom stereocenters. The van der Waals surface area contributed by atoms with Gasteiger partial charge in [0.1, 0.15) is 5.58 Å². The number of aliphatic hydroxyl groups is 1. The summed E-state index contributed by atoms with van der Waals surface area (Å²) in [5.41, 5.74) is 1.86. The average molecular weight is 343 g/mol. The number of β-amino-alcohol motifs (C(OH)–C–C–N with tert-alkyl or cyclic N) is 1. The number of aryl methyl sites for hydroxylation is 1. The highest BCUT2D eigenvalue weighted by atomic mass is 16.3. The lowest BCUT2D eigenvalue weighted by Gasteiger charge is -2.37. The average Bonchev–Trinajstić information content (AvgIpc) is 3.18. The maximum atomic E-state index is 12.8. The molecule has 2 aliphatic rings. The van der Waals surface area contributed by atoms with Gasteiger partial charge in [0.25, 0.3) is 5.91 Å². The molecule has 1 N–H and O–H groups in total. The number of likely N-dealkylation sites (tertiary alicyclic amines) is 1. The molecule has 0 spiro atoms. The van der Waals surface area contributed by atoms with Gasteiger partial charge in [0.2, 0.25) is 0 Å². The Hall–Kier alpha value is -1.89. The predicted molar refractivity (Wildman–Crippen MR) is 95.7 cm³/mol. The van der Waals surface area contributed by atoms with Gasteiger partial charge in [0.05, 0.1) is 12.1 Å². The molecule has 2 aliphatic heterocycles. The molecule has 0 saturated carbocycles. The maximum absolute atomic E-state index is 12.8. The van der Waals surface area contributed by atoms with Crippen molar-refractivity contribution in [1.29, 1.82) is 0 Å². The van der Waals surface area contributed by atoms with Crippen LogP contribution in [0.2, 0.25) is 0 Å². The highest BCUT2D eigenvalue weighted by molar-refractivity contribution is 5.96. The highest BCUT2D eigenvalue weighted by Gasteiger charge is 2.39. The molecule has 1 amide bonds. The summed E-state index contributed by atoms with van der Waals surface area (Å²) in [6.07, 6.45) is -0.501. The third-order valence-electron chi connectivity index (χ3n) is 5.44. The molecule has 6 nitrogen and oxygen atoms in total. The van der Waals surface area contributed by atoms with Crippen LogP contribution in [-0.2, 0) is 0 Å². The van der Waals surface area contributed by atoms with E-state index in [2.05, 4.69) is 16.8 Å². The third-order valence-corrected chi connectivity index (χ3v) is 5.44. The fraction of sp³-hybridized carbons (Fsp3) is 0.526. The van der Waals surface area contributed by atoms with E-state index in [1.165, 1.54) is 0 Å². The first kappa shape index (κ1) is 16.6. The summed E-state index contributed by atoms with van der Waals surface area (Å²) in [6, 6.07) is 7.71. The maximum Gasteiger partial charge on any atom is 0.289 e. The summed E-state index contributed by atoms with van der Waals surface area (Å²) in [5, 5.41) is 11.4. The van der Waals surface area contributed by atoms with Crippen LogP contribution in [0.25, 0.3) is 11.0 Å². The Morgan fingerprint density at radius 2 is 1.92 bits per heavy atom. The Balaban J connectivity index is 1.48. The zero-order valence-corrected chi connectivity index (χ0v) is 14.8. The zero-order chi connectivity index (χ0) is 17.6. The molecule has 2 atom stereocenters. The normalized spacial score (nSPS) is 25.8. The van der Waals surface area contributed by atoms with E-state index in [1.807, 2.05) is 25.1 Å². The van der Waals surface area contributed by atoms with Crippen LogP contribution in [0.4, 0.5) is 0 Å². The minimum absolute atomic E-state index is 0.0178. The van der Waals surface area contributed by atoms with Crippen LogP contribution in [-0.4, -0.2) is 84.2 Å². The van der Waals surface area contributed by atoms with Crippen LogP contribution < -0.4 is 0 Å². The third kappa shape index (κ3) is 3.17. The highest BCUT2D eigenvalue weighted by Crippen LogP contribution is 2.24. The van der Waals surface area contributed by atoms with Gasteiger partial charge in [-0.2, -0.15) is 0 Å². The standard InChI is InChI=1S/C19H25N3O3/c1-13-3-4-17-14(9-13)10-18(25-17)19(24)22-11-15(16(23)12-22)21-7-5-20(2)6-8-21/h3-4,9-10,15-16,23H,5-8,11-12H2,1-2H3/t15-,16-/m0/s1. The second-order valence-electron chi connectivity index (χ2n) is 7.34. The van der Waals surface area contributed by atoms with Gasteiger partial charge in [0.15, 0.2) is 5.76 Å². The van der Waals surface area contributed by atoms with Crippen molar-refractivity contribution in [3.05, 3.63) is 35.6 Å². The summed E-state index contributed by atoms with van der Waals surface area (Å²) in [4.78, 5) is 19.1. The number of amides is 1. The molecule has 2 aromatic rings. The number of hydrogen-bond donors (Lipinski definition) is 1. The number of fused-ring (bicyclic) bond motifs is 1. The van der Waals surface area contributed by atoms with Crippen molar-refractivity contribution in [3.63, 3.8) is 0 Å². The van der Waals surface area contributed by atoms with E-state index in [1.54, 1.807) is 11.0 Å². The number of benzene rings is 1. The molecule has 134 valence electrons. The molecule has 1 aromatic carbocycles. The lowest BCUT2D eigenvalue weighted by molar-refractivity contribution is 0.0512. The van der Waals surface area contributed by atoms with Crippen molar-refractivity contribution in [1.82, 2.24) is 14.7 Å². The number of likely N-dealkylation sites (N-methyl/N-ethyl adjacent to an activating group) is 1. The fourth-order valence-electron chi connectivity index (χ4n) is 3.87. The van der Waals surface area contributed by atoms with Crippen LogP contribution in [0.3, 0.4) is 0 Å².